The molecule has 1 heterocycles. The number of carbonyl (C=O) groups is 1. The van der Waals surface area contributed by atoms with Crippen LogP contribution < -0.4 is 0 Å². The molecule has 0 bridgehead atoms. The standard InChI is InChI=1S/C13H11BrN2O3S/c14-11-3-1-9(2-4-11)10(8-16(18)19)7-12(17)13-15-5-6-20-13/h1-6,10H,7-8H2/t10-/m0/s1. The second kappa shape index (κ2) is 6.71. The van der Waals surface area contributed by atoms with Crippen molar-refractivity contribution >= 4 is 33.0 Å². The van der Waals surface area contributed by atoms with Gasteiger partial charge in [-0.3, -0.25) is 14.9 Å². The number of hydrogen-bond donors (Lipinski definition) is 0. The molecule has 2 rings (SSSR count). The van der Waals surface area contributed by atoms with Gasteiger partial charge in [0, 0.05) is 27.4 Å². The second-order valence-corrected chi connectivity index (χ2v) is 6.04. The lowest BCUT2D eigenvalue weighted by Crippen LogP contribution is -2.16. The molecule has 1 atom stereocenters. The zero-order chi connectivity index (χ0) is 14.5. The minimum atomic E-state index is -0.436. The molecule has 104 valence electrons. The number of ketones is 1. The summed E-state index contributed by atoms with van der Waals surface area (Å²) in [6.45, 7) is -0.265. The van der Waals surface area contributed by atoms with Gasteiger partial charge in [0.2, 0.25) is 6.54 Å². The van der Waals surface area contributed by atoms with Crippen molar-refractivity contribution < 1.29 is 9.72 Å². The maximum atomic E-state index is 12.1. The molecule has 7 heteroatoms. The van der Waals surface area contributed by atoms with Crippen LogP contribution in [0.25, 0.3) is 0 Å². The number of benzene rings is 1. The SMILES string of the molecule is O=C(C[C@@H](C[N+](=O)[O-])c1ccc(Br)cc1)c1nccs1. The first kappa shape index (κ1) is 14.8. The van der Waals surface area contributed by atoms with Gasteiger partial charge in [-0.1, -0.05) is 28.1 Å². The molecule has 20 heavy (non-hydrogen) atoms. The molecule has 2 aromatic rings. The number of thiazole rings is 1. The fourth-order valence-corrected chi connectivity index (χ4v) is 2.73. The smallest absolute Gasteiger partial charge is 0.211 e. The Kier molecular flexibility index (Phi) is 4.97. The third kappa shape index (κ3) is 3.94. The first-order chi connectivity index (χ1) is 9.56. The highest BCUT2D eigenvalue weighted by molar-refractivity contribution is 9.10. The van der Waals surface area contributed by atoms with Crippen molar-refractivity contribution in [2.45, 2.75) is 12.3 Å². The average Bonchev–Trinajstić information content (AvgIpc) is 2.92. The van der Waals surface area contributed by atoms with Gasteiger partial charge in [-0.05, 0) is 17.7 Å². The molecule has 0 N–H and O–H groups in total. The minimum Gasteiger partial charge on any atom is -0.291 e. The average molecular weight is 355 g/mol. The predicted molar refractivity (Wildman–Crippen MR) is 79.8 cm³/mol. The third-order valence-corrected chi connectivity index (χ3v) is 4.16. The van der Waals surface area contributed by atoms with Gasteiger partial charge in [-0.25, -0.2) is 4.98 Å². The van der Waals surface area contributed by atoms with Crippen molar-refractivity contribution in [1.82, 2.24) is 4.98 Å². The highest BCUT2D eigenvalue weighted by atomic mass is 79.9. The minimum absolute atomic E-state index is 0.0934. The van der Waals surface area contributed by atoms with E-state index in [0.717, 1.165) is 10.0 Å². The molecule has 0 fully saturated rings. The van der Waals surface area contributed by atoms with Gasteiger partial charge >= 0.3 is 0 Å². The van der Waals surface area contributed by atoms with Crippen LogP contribution in [-0.4, -0.2) is 22.2 Å². The van der Waals surface area contributed by atoms with Gasteiger partial charge in [0.15, 0.2) is 10.8 Å². The zero-order valence-corrected chi connectivity index (χ0v) is 12.8. The molecule has 0 radical (unpaired) electrons. The molecule has 0 unspecified atom stereocenters. The molecular formula is C13H11BrN2O3S. The zero-order valence-electron chi connectivity index (χ0n) is 10.4. The van der Waals surface area contributed by atoms with Crippen molar-refractivity contribution in [3.05, 3.63) is 61.0 Å². The molecule has 0 aliphatic rings. The Balaban J connectivity index is 2.17. The van der Waals surface area contributed by atoms with Gasteiger partial charge in [-0.15, -0.1) is 11.3 Å². The number of hydrogen-bond acceptors (Lipinski definition) is 5. The summed E-state index contributed by atoms with van der Waals surface area (Å²) >= 11 is 4.57. The van der Waals surface area contributed by atoms with E-state index >= 15 is 0 Å². The lowest BCUT2D eigenvalue weighted by molar-refractivity contribution is -0.483. The summed E-state index contributed by atoms with van der Waals surface area (Å²) in [5, 5.41) is 12.9. The fraction of sp³-hybridized carbons (Fsp3) is 0.231. The van der Waals surface area contributed by atoms with E-state index in [4.69, 9.17) is 0 Å². The number of Topliss-reactive ketones (excluding diaryl/α,β-unsaturated/α-hetero) is 1. The third-order valence-electron chi connectivity index (χ3n) is 2.81. The number of halogens is 1. The summed E-state index contributed by atoms with van der Waals surface area (Å²) in [7, 11) is 0. The molecule has 0 saturated heterocycles. The van der Waals surface area contributed by atoms with Crippen LogP contribution in [0, 0.1) is 10.1 Å². The number of rotatable bonds is 6. The molecule has 0 spiro atoms. The monoisotopic (exact) mass is 354 g/mol. The van der Waals surface area contributed by atoms with E-state index < -0.39 is 5.92 Å². The lowest BCUT2D eigenvalue weighted by atomic mass is 9.94. The number of nitro groups is 1. The summed E-state index contributed by atoms with van der Waals surface area (Å²) in [6.07, 6.45) is 1.65. The maximum Gasteiger partial charge on any atom is 0.211 e. The van der Waals surface area contributed by atoms with Crippen molar-refractivity contribution in [3.8, 4) is 0 Å². The fourth-order valence-electron chi connectivity index (χ4n) is 1.87. The van der Waals surface area contributed by atoms with E-state index in [0.29, 0.717) is 5.01 Å². The second-order valence-electron chi connectivity index (χ2n) is 4.23. The van der Waals surface area contributed by atoms with Crippen LogP contribution in [0.4, 0.5) is 0 Å². The topological polar surface area (TPSA) is 73.1 Å². The van der Waals surface area contributed by atoms with E-state index in [1.54, 1.807) is 23.7 Å². The van der Waals surface area contributed by atoms with E-state index in [-0.39, 0.29) is 23.7 Å². The Morgan fingerprint density at radius 3 is 2.65 bits per heavy atom. The Bertz CT molecular complexity index is 599. The number of nitrogens with zero attached hydrogens (tertiary/aromatic N) is 2. The first-order valence-corrected chi connectivity index (χ1v) is 7.53. The molecule has 0 aliphatic heterocycles. The molecule has 5 nitrogen and oxygen atoms in total. The highest BCUT2D eigenvalue weighted by Crippen LogP contribution is 2.24. The Morgan fingerprint density at radius 1 is 1.40 bits per heavy atom. The normalized spacial score (nSPS) is 12.1. The van der Waals surface area contributed by atoms with Gasteiger partial charge in [-0.2, -0.15) is 0 Å². The van der Waals surface area contributed by atoms with E-state index in [1.165, 1.54) is 11.3 Å². The largest absolute Gasteiger partial charge is 0.291 e. The molecule has 1 aromatic heterocycles. The quantitative estimate of drug-likeness (QED) is 0.451. The van der Waals surface area contributed by atoms with Gasteiger partial charge < -0.3 is 0 Å². The summed E-state index contributed by atoms with van der Waals surface area (Å²) in [6, 6.07) is 7.23. The van der Waals surface area contributed by atoms with Gasteiger partial charge in [0.05, 0.1) is 5.92 Å². The van der Waals surface area contributed by atoms with Crippen LogP contribution in [0.5, 0.6) is 0 Å². The molecule has 0 saturated carbocycles. The van der Waals surface area contributed by atoms with Crippen LogP contribution in [0.3, 0.4) is 0 Å². The molecule has 0 aliphatic carbocycles. The van der Waals surface area contributed by atoms with Crippen LogP contribution in [0.1, 0.15) is 27.7 Å². The van der Waals surface area contributed by atoms with Crippen LogP contribution in [-0.2, 0) is 0 Å². The molecule has 1 aromatic carbocycles. The van der Waals surface area contributed by atoms with E-state index in [2.05, 4.69) is 20.9 Å². The van der Waals surface area contributed by atoms with E-state index in [9.17, 15) is 14.9 Å². The molecule has 0 amide bonds. The Morgan fingerprint density at radius 2 is 2.10 bits per heavy atom. The summed E-state index contributed by atoms with van der Waals surface area (Å²) in [4.78, 5) is 26.4. The van der Waals surface area contributed by atoms with Gasteiger partial charge in [0.1, 0.15) is 0 Å². The van der Waals surface area contributed by atoms with Crippen molar-refractivity contribution in [2.24, 2.45) is 0 Å². The number of aromatic nitrogens is 1. The van der Waals surface area contributed by atoms with Crippen LogP contribution >= 0.6 is 27.3 Å². The Labute approximate surface area is 127 Å². The Hall–Kier alpha value is -1.60. The summed E-state index contributed by atoms with van der Waals surface area (Å²) in [5.74, 6) is -0.593. The summed E-state index contributed by atoms with van der Waals surface area (Å²) < 4.78 is 0.896. The summed E-state index contributed by atoms with van der Waals surface area (Å²) in [5.41, 5.74) is 0.787. The first-order valence-electron chi connectivity index (χ1n) is 5.86. The van der Waals surface area contributed by atoms with Crippen LogP contribution in [0.2, 0.25) is 0 Å². The predicted octanol–water partition coefficient (Wildman–Crippen LogP) is 3.54. The maximum absolute atomic E-state index is 12.1. The molecular weight excluding hydrogens is 344 g/mol. The highest BCUT2D eigenvalue weighted by Gasteiger charge is 2.23. The lowest BCUT2D eigenvalue weighted by Gasteiger charge is -2.12. The van der Waals surface area contributed by atoms with E-state index in [1.807, 2.05) is 12.1 Å². The number of carbonyl (C=O) groups excluding carboxylic acids is 1. The van der Waals surface area contributed by atoms with Crippen molar-refractivity contribution in [2.75, 3.05) is 6.54 Å². The van der Waals surface area contributed by atoms with Crippen LogP contribution in [0.15, 0.2) is 40.3 Å². The van der Waals surface area contributed by atoms with Crippen molar-refractivity contribution in [3.63, 3.8) is 0 Å². The van der Waals surface area contributed by atoms with Crippen molar-refractivity contribution in [1.29, 1.82) is 0 Å². The van der Waals surface area contributed by atoms with Gasteiger partial charge in [0.25, 0.3) is 0 Å².